The largest absolute Gasteiger partial charge is 0.449 e. The van der Waals surface area contributed by atoms with E-state index in [2.05, 4.69) is 20.9 Å². The Kier molecular flexibility index (Phi) is 3.47. The highest BCUT2D eigenvalue weighted by molar-refractivity contribution is 5.12. The van der Waals surface area contributed by atoms with Crippen molar-refractivity contribution < 1.29 is 9.15 Å². The number of hydrogen-bond donors (Lipinski definition) is 0. The standard InChI is InChI=1S/C17H21N3O2/c1-13-19-15(9-21-13)8-20-10-17(11-20)6-16(22-12-17)5-14-3-2-4-18-7-14/h2-4,7,9,16H,5-6,8,10-12H2,1H3. The van der Waals surface area contributed by atoms with Crippen molar-refractivity contribution in [1.29, 1.82) is 0 Å². The summed E-state index contributed by atoms with van der Waals surface area (Å²) in [5.74, 6) is 0.742. The molecule has 1 spiro atoms. The van der Waals surface area contributed by atoms with E-state index in [1.54, 1.807) is 6.26 Å². The van der Waals surface area contributed by atoms with Crippen LogP contribution in [0.3, 0.4) is 0 Å². The van der Waals surface area contributed by atoms with Gasteiger partial charge in [-0.1, -0.05) is 6.07 Å². The molecule has 4 heterocycles. The third-order valence-corrected chi connectivity index (χ3v) is 4.64. The molecular weight excluding hydrogens is 278 g/mol. The van der Waals surface area contributed by atoms with Gasteiger partial charge in [0.1, 0.15) is 6.26 Å². The Balaban J connectivity index is 1.29. The molecule has 2 aliphatic rings. The zero-order valence-electron chi connectivity index (χ0n) is 12.9. The van der Waals surface area contributed by atoms with Crippen LogP contribution in [0.15, 0.2) is 35.2 Å². The molecule has 0 aromatic carbocycles. The van der Waals surface area contributed by atoms with Crippen LogP contribution in [0.25, 0.3) is 0 Å². The normalized spacial score (nSPS) is 23.8. The molecular formula is C17H21N3O2. The van der Waals surface area contributed by atoms with Crippen molar-refractivity contribution in [2.24, 2.45) is 5.41 Å². The first kappa shape index (κ1) is 13.9. The number of aromatic nitrogens is 2. The molecule has 0 N–H and O–H groups in total. The first-order valence-electron chi connectivity index (χ1n) is 7.85. The molecule has 0 aliphatic carbocycles. The fraction of sp³-hybridized carbons (Fsp3) is 0.529. The van der Waals surface area contributed by atoms with Crippen molar-refractivity contribution in [2.45, 2.75) is 32.4 Å². The van der Waals surface area contributed by atoms with Gasteiger partial charge in [0, 0.05) is 50.8 Å². The zero-order chi connectivity index (χ0) is 15.0. The van der Waals surface area contributed by atoms with Gasteiger partial charge in [0.25, 0.3) is 0 Å². The Morgan fingerprint density at radius 1 is 1.41 bits per heavy atom. The first-order valence-corrected chi connectivity index (χ1v) is 7.85. The van der Waals surface area contributed by atoms with Gasteiger partial charge in [0.05, 0.1) is 18.4 Å². The van der Waals surface area contributed by atoms with Gasteiger partial charge >= 0.3 is 0 Å². The van der Waals surface area contributed by atoms with Crippen molar-refractivity contribution in [2.75, 3.05) is 19.7 Å². The highest BCUT2D eigenvalue weighted by Gasteiger charge is 2.48. The molecule has 5 heteroatoms. The van der Waals surface area contributed by atoms with Gasteiger partial charge in [-0.2, -0.15) is 0 Å². The molecule has 2 fully saturated rings. The molecule has 4 rings (SSSR count). The molecule has 2 aliphatic heterocycles. The third-order valence-electron chi connectivity index (χ3n) is 4.64. The molecule has 1 atom stereocenters. The lowest BCUT2D eigenvalue weighted by Gasteiger charge is -2.47. The summed E-state index contributed by atoms with van der Waals surface area (Å²) in [7, 11) is 0. The molecule has 5 nitrogen and oxygen atoms in total. The summed E-state index contributed by atoms with van der Waals surface area (Å²) in [5, 5.41) is 0. The summed E-state index contributed by atoms with van der Waals surface area (Å²) < 4.78 is 11.3. The molecule has 2 aromatic rings. The van der Waals surface area contributed by atoms with E-state index in [1.165, 1.54) is 5.56 Å². The van der Waals surface area contributed by atoms with Gasteiger partial charge in [0.15, 0.2) is 5.89 Å². The number of pyridine rings is 1. The van der Waals surface area contributed by atoms with Crippen molar-refractivity contribution in [3.05, 3.63) is 47.9 Å². The second-order valence-corrected chi connectivity index (χ2v) is 6.71. The Hall–Kier alpha value is -1.72. The third kappa shape index (κ3) is 2.78. The summed E-state index contributed by atoms with van der Waals surface area (Å²) >= 11 is 0. The molecule has 0 amide bonds. The summed E-state index contributed by atoms with van der Waals surface area (Å²) in [6, 6.07) is 4.12. The van der Waals surface area contributed by atoms with Gasteiger partial charge < -0.3 is 9.15 Å². The molecule has 0 bridgehead atoms. The Morgan fingerprint density at radius 2 is 2.32 bits per heavy atom. The topological polar surface area (TPSA) is 51.4 Å². The van der Waals surface area contributed by atoms with Crippen LogP contribution in [-0.4, -0.2) is 40.7 Å². The molecule has 2 saturated heterocycles. The number of hydrogen-bond acceptors (Lipinski definition) is 5. The monoisotopic (exact) mass is 299 g/mol. The Morgan fingerprint density at radius 3 is 3.05 bits per heavy atom. The van der Waals surface area contributed by atoms with E-state index in [-0.39, 0.29) is 0 Å². The number of likely N-dealkylation sites (tertiary alicyclic amines) is 1. The van der Waals surface area contributed by atoms with E-state index in [0.29, 0.717) is 11.5 Å². The van der Waals surface area contributed by atoms with Crippen LogP contribution in [0.5, 0.6) is 0 Å². The van der Waals surface area contributed by atoms with Crippen molar-refractivity contribution >= 4 is 0 Å². The maximum atomic E-state index is 6.03. The minimum atomic E-state index is 0.334. The Bertz CT molecular complexity index is 634. The smallest absolute Gasteiger partial charge is 0.191 e. The zero-order valence-corrected chi connectivity index (χ0v) is 12.9. The molecule has 116 valence electrons. The van der Waals surface area contributed by atoms with E-state index < -0.39 is 0 Å². The van der Waals surface area contributed by atoms with Crippen LogP contribution in [0, 0.1) is 12.3 Å². The summed E-state index contributed by atoms with van der Waals surface area (Å²) in [6.07, 6.45) is 7.97. The molecule has 2 aromatic heterocycles. The van der Waals surface area contributed by atoms with Gasteiger partial charge in [-0.05, 0) is 18.1 Å². The van der Waals surface area contributed by atoms with Gasteiger partial charge in [-0.3, -0.25) is 9.88 Å². The number of rotatable bonds is 4. The fourth-order valence-electron chi connectivity index (χ4n) is 3.75. The number of oxazole rings is 1. The van der Waals surface area contributed by atoms with Crippen LogP contribution < -0.4 is 0 Å². The van der Waals surface area contributed by atoms with E-state index >= 15 is 0 Å². The van der Waals surface area contributed by atoms with Crippen LogP contribution >= 0.6 is 0 Å². The van der Waals surface area contributed by atoms with E-state index in [4.69, 9.17) is 9.15 Å². The summed E-state index contributed by atoms with van der Waals surface area (Å²) in [6.45, 7) is 5.85. The average molecular weight is 299 g/mol. The Labute approximate surface area is 130 Å². The van der Waals surface area contributed by atoms with Crippen molar-refractivity contribution in [3.63, 3.8) is 0 Å². The second kappa shape index (κ2) is 5.48. The van der Waals surface area contributed by atoms with Crippen LogP contribution in [0.4, 0.5) is 0 Å². The van der Waals surface area contributed by atoms with Crippen LogP contribution in [0.2, 0.25) is 0 Å². The van der Waals surface area contributed by atoms with Gasteiger partial charge in [-0.15, -0.1) is 0 Å². The van der Waals surface area contributed by atoms with E-state index in [0.717, 1.165) is 50.7 Å². The fourth-order valence-corrected chi connectivity index (χ4v) is 3.75. The second-order valence-electron chi connectivity index (χ2n) is 6.71. The minimum Gasteiger partial charge on any atom is -0.449 e. The predicted octanol–water partition coefficient (Wildman–Crippen LogP) is 2.21. The summed E-state index contributed by atoms with van der Waals surface area (Å²) in [4.78, 5) is 11.0. The summed E-state index contributed by atoms with van der Waals surface area (Å²) in [5.41, 5.74) is 2.64. The lowest BCUT2D eigenvalue weighted by atomic mass is 9.77. The van der Waals surface area contributed by atoms with Crippen molar-refractivity contribution in [3.8, 4) is 0 Å². The molecule has 1 unspecified atom stereocenters. The van der Waals surface area contributed by atoms with Crippen LogP contribution in [-0.2, 0) is 17.7 Å². The maximum absolute atomic E-state index is 6.03. The van der Waals surface area contributed by atoms with Crippen LogP contribution in [0.1, 0.15) is 23.6 Å². The molecule has 0 radical (unpaired) electrons. The number of nitrogens with zero attached hydrogens (tertiary/aromatic N) is 3. The highest BCUT2D eigenvalue weighted by Crippen LogP contribution is 2.42. The lowest BCUT2D eigenvalue weighted by Crippen LogP contribution is -2.56. The van der Waals surface area contributed by atoms with Gasteiger partial charge in [0.2, 0.25) is 0 Å². The molecule has 0 saturated carbocycles. The average Bonchev–Trinajstić information content (AvgIpc) is 3.07. The highest BCUT2D eigenvalue weighted by atomic mass is 16.5. The quantitative estimate of drug-likeness (QED) is 0.866. The van der Waals surface area contributed by atoms with E-state index in [9.17, 15) is 0 Å². The number of aryl methyl sites for hydroxylation is 1. The predicted molar refractivity (Wildman–Crippen MR) is 81.2 cm³/mol. The van der Waals surface area contributed by atoms with E-state index in [1.807, 2.05) is 25.4 Å². The van der Waals surface area contributed by atoms with Gasteiger partial charge in [-0.25, -0.2) is 4.98 Å². The first-order chi connectivity index (χ1) is 10.7. The maximum Gasteiger partial charge on any atom is 0.191 e. The minimum absolute atomic E-state index is 0.334. The van der Waals surface area contributed by atoms with Crippen molar-refractivity contribution in [1.82, 2.24) is 14.9 Å². The number of ether oxygens (including phenoxy) is 1. The lowest BCUT2D eigenvalue weighted by molar-refractivity contribution is -0.0147. The SMILES string of the molecule is Cc1nc(CN2CC3(COC(Cc4cccnc4)C3)C2)co1. The molecule has 22 heavy (non-hydrogen) atoms.